The fourth-order valence-electron chi connectivity index (χ4n) is 2.38. The predicted molar refractivity (Wildman–Crippen MR) is 97.8 cm³/mol. The second-order valence-corrected chi connectivity index (χ2v) is 5.14. The summed E-state index contributed by atoms with van der Waals surface area (Å²) in [5.41, 5.74) is 3.07. The molecule has 1 heterocycles. The maximum atomic E-state index is 9.08. The normalized spacial score (nSPS) is 14.1. The van der Waals surface area contributed by atoms with Crippen LogP contribution in [0.15, 0.2) is 51.7 Å². The van der Waals surface area contributed by atoms with E-state index in [2.05, 4.69) is 53.0 Å². The molecular weight excluding hydrogens is 298 g/mol. The molecule has 0 radical (unpaired) electrons. The lowest BCUT2D eigenvalue weighted by Crippen LogP contribution is -2.21. The number of nitrogens with zero attached hydrogens (tertiary/aromatic N) is 5. The molecule has 2 rings (SSSR count). The average Bonchev–Trinajstić information content (AvgIpc) is 2.83. The molecule has 0 bridgehead atoms. The third-order valence-corrected chi connectivity index (χ3v) is 3.70. The van der Waals surface area contributed by atoms with Gasteiger partial charge in [0.2, 0.25) is 0 Å². The fraction of sp³-hybridized carbons (Fsp3) is 0.263. The number of hydrogen-bond donors (Lipinski definition) is 0. The SMILES string of the molecule is CCN(CC)c1ccc(C=CC2=NC(C#N)=C(C#N)N=CC2)cc1. The largest absolute Gasteiger partial charge is 0.372 e. The van der Waals surface area contributed by atoms with Gasteiger partial charge in [0, 0.05) is 37.1 Å². The van der Waals surface area contributed by atoms with Crippen molar-refractivity contribution < 1.29 is 0 Å². The number of hydrogen-bond acceptors (Lipinski definition) is 5. The molecule has 0 aliphatic carbocycles. The minimum absolute atomic E-state index is 0.0581. The van der Waals surface area contributed by atoms with Crippen molar-refractivity contribution in [3.63, 3.8) is 0 Å². The Kier molecular flexibility index (Phi) is 6.05. The highest BCUT2D eigenvalue weighted by Crippen LogP contribution is 2.16. The Morgan fingerprint density at radius 2 is 1.71 bits per heavy atom. The number of allylic oxidation sites excluding steroid dienone is 3. The van der Waals surface area contributed by atoms with Crippen molar-refractivity contribution in [2.24, 2.45) is 9.98 Å². The summed E-state index contributed by atoms with van der Waals surface area (Å²) >= 11 is 0. The van der Waals surface area contributed by atoms with Crippen molar-refractivity contribution in [3.8, 4) is 12.1 Å². The Balaban J connectivity index is 2.18. The smallest absolute Gasteiger partial charge is 0.177 e. The Hall–Kier alpha value is -3.18. The maximum Gasteiger partial charge on any atom is 0.177 e. The van der Waals surface area contributed by atoms with Gasteiger partial charge in [0.25, 0.3) is 0 Å². The molecule has 0 amide bonds. The van der Waals surface area contributed by atoms with Crippen LogP contribution in [0.25, 0.3) is 6.08 Å². The van der Waals surface area contributed by atoms with Gasteiger partial charge in [-0.2, -0.15) is 10.5 Å². The van der Waals surface area contributed by atoms with E-state index in [-0.39, 0.29) is 11.4 Å². The zero-order valence-electron chi connectivity index (χ0n) is 13.9. The maximum absolute atomic E-state index is 9.08. The molecule has 0 saturated heterocycles. The van der Waals surface area contributed by atoms with E-state index in [1.54, 1.807) is 6.21 Å². The summed E-state index contributed by atoms with van der Waals surface area (Å²) in [5, 5.41) is 18.0. The Bertz CT molecular complexity index is 779. The van der Waals surface area contributed by atoms with Crippen LogP contribution in [0.1, 0.15) is 25.8 Å². The van der Waals surface area contributed by atoms with Crippen LogP contribution in [0.4, 0.5) is 5.69 Å². The second-order valence-electron chi connectivity index (χ2n) is 5.14. The number of rotatable bonds is 5. The summed E-state index contributed by atoms with van der Waals surface area (Å²) in [5.74, 6) is 0. The number of benzene rings is 1. The van der Waals surface area contributed by atoms with Crippen molar-refractivity contribution in [1.82, 2.24) is 0 Å². The van der Waals surface area contributed by atoms with Gasteiger partial charge in [-0.3, -0.25) is 0 Å². The van der Waals surface area contributed by atoms with Crippen LogP contribution in [-0.4, -0.2) is 25.0 Å². The summed E-state index contributed by atoms with van der Waals surface area (Å²) < 4.78 is 0. The van der Waals surface area contributed by atoms with Gasteiger partial charge in [-0.25, -0.2) is 9.98 Å². The summed E-state index contributed by atoms with van der Waals surface area (Å²) in [7, 11) is 0. The van der Waals surface area contributed by atoms with E-state index in [4.69, 9.17) is 10.5 Å². The second kappa shape index (κ2) is 8.45. The molecule has 0 fully saturated rings. The standard InChI is InChI=1S/C19H19N5/c1-3-24(4-2)17-9-6-15(7-10-17)5-8-16-11-12-22-18(13-20)19(14-21)23-16/h5-10,12H,3-4,11H2,1-2H3. The van der Waals surface area contributed by atoms with Crippen LogP contribution in [0.5, 0.6) is 0 Å². The molecule has 1 aliphatic rings. The van der Waals surface area contributed by atoms with Gasteiger partial charge in [-0.15, -0.1) is 0 Å². The number of aliphatic imine (C=N–C) groups is 2. The van der Waals surface area contributed by atoms with Crippen LogP contribution in [0, 0.1) is 22.7 Å². The van der Waals surface area contributed by atoms with Crippen molar-refractivity contribution in [2.75, 3.05) is 18.0 Å². The van der Waals surface area contributed by atoms with Gasteiger partial charge in [0.15, 0.2) is 11.4 Å². The van der Waals surface area contributed by atoms with Gasteiger partial charge in [0.1, 0.15) is 12.1 Å². The molecule has 0 atom stereocenters. The van der Waals surface area contributed by atoms with Crippen molar-refractivity contribution in [2.45, 2.75) is 20.3 Å². The van der Waals surface area contributed by atoms with E-state index >= 15 is 0 Å². The van der Waals surface area contributed by atoms with Gasteiger partial charge in [-0.05, 0) is 37.6 Å². The first-order valence-electron chi connectivity index (χ1n) is 7.89. The van der Waals surface area contributed by atoms with Crippen molar-refractivity contribution in [3.05, 3.63) is 47.3 Å². The summed E-state index contributed by atoms with van der Waals surface area (Å²) in [6.07, 6.45) is 5.90. The van der Waals surface area contributed by atoms with Gasteiger partial charge in [0.05, 0.1) is 0 Å². The van der Waals surface area contributed by atoms with Gasteiger partial charge in [-0.1, -0.05) is 18.2 Å². The van der Waals surface area contributed by atoms with Crippen LogP contribution < -0.4 is 4.90 Å². The monoisotopic (exact) mass is 317 g/mol. The predicted octanol–water partition coefficient (Wildman–Crippen LogP) is 3.72. The minimum atomic E-state index is 0.0581. The molecule has 1 aromatic rings. The third-order valence-electron chi connectivity index (χ3n) is 3.70. The molecule has 1 aliphatic heterocycles. The van der Waals surface area contributed by atoms with Gasteiger partial charge < -0.3 is 4.90 Å². The fourth-order valence-corrected chi connectivity index (χ4v) is 2.38. The number of nitriles is 2. The van der Waals surface area contributed by atoms with E-state index in [0.29, 0.717) is 12.1 Å². The zero-order valence-corrected chi connectivity index (χ0v) is 13.9. The topological polar surface area (TPSA) is 75.5 Å². The average molecular weight is 317 g/mol. The van der Waals surface area contributed by atoms with E-state index in [0.717, 1.165) is 18.7 Å². The molecule has 24 heavy (non-hydrogen) atoms. The first kappa shape index (κ1) is 17.2. The summed E-state index contributed by atoms with van der Waals surface area (Å²) in [6, 6.07) is 12.1. The van der Waals surface area contributed by atoms with E-state index < -0.39 is 0 Å². The lowest BCUT2D eigenvalue weighted by Gasteiger charge is -2.20. The van der Waals surface area contributed by atoms with Crippen molar-refractivity contribution >= 4 is 23.7 Å². The van der Waals surface area contributed by atoms with E-state index in [1.807, 2.05) is 24.3 Å². The van der Waals surface area contributed by atoms with Gasteiger partial charge >= 0.3 is 0 Å². The minimum Gasteiger partial charge on any atom is -0.372 e. The molecule has 5 heteroatoms. The quantitative estimate of drug-likeness (QED) is 0.830. The highest BCUT2D eigenvalue weighted by atomic mass is 15.1. The highest BCUT2D eigenvalue weighted by molar-refractivity contribution is 6.06. The van der Waals surface area contributed by atoms with E-state index in [9.17, 15) is 0 Å². The van der Waals surface area contributed by atoms with Crippen LogP contribution in [-0.2, 0) is 0 Å². The molecule has 0 N–H and O–H groups in total. The third kappa shape index (κ3) is 4.18. The first-order valence-corrected chi connectivity index (χ1v) is 7.89. The molecule has 0 aromatic heterocycles. The Morgan fingerprint density at radius 3 is 2.29 bits per heavy atom. The molecule has 0 saturated carbocycles. The first-order chi connectivity index (χ1) is 11.7. The summed E-state index contributed by atoms with van der Waals surface area (Å²) in [4.78, 5) is 10.5. The highest BCUT2D eigenvalue weighted by Gasteiger charge is 2.08. The van der Waals surface area contributed by atoms with Crippen molar-refractivity contribution in [1.29, 1.82) is 10.5 Å². The van der Waals surface area contributed by atoms with Crippen LogP contribution in [0.3, 0.4) is 0 Å². The Morgan fingerprint density at radius 1 is 1.04 bits per heavy atom. The summed E-state index contributed by atoms with van der Waals surface area (Å²) in [6.45, 7) is 6.23. The molecule has 1 aromatic carbocycles. The number of anilines is 1. The molecule has 0 unspecified atom stereocenters. The van der Waals surface area contributed by atoms with Crippen LogP contribution >= 0.6 is 0 Å². The van der Waals surface area contributed by atoms with Crippen LogP contribution in [0.2, 0.25) is 0 Å². The molecule has 0 spiro atoms. The lowest BCUT2D eigenvalue weighted by molar-refractivity contribution is 0.866. The Labute approximate surface area is 142 Å². The van der Waals surface area contributed by atoms with E-state index in [1.165, 1.54) is 5.69 Å². The zero-order chi connectivity index (χ0) is 17.4. The molecule has 5 nitrogen and oxygen atoms in total. The molecule has 120 valence electrons. The molecular formula is C19H19N5. The lowest BCUT2D eigenvalue weighted by atomic mass is 10.1.